The van der Waals surface area contributed by atoms with E-state index in [0.717, 1.165) is 25.1 Å². The number of hydrogen-bond donors (Lipinski definition) is 3. The molecule has 1 unspecified atom stereocenters. The molecule has 2 atom stereocenters. The van der Waals surface area contributed by atoms with Crippen LogP contribution in [-0.2, 0) is 11.2 Å². The van der Waals surface area contributed by atoms with Gasteiger partial charge in [0.15, 0.2) is 0 Å². The molecule has 0 spiro atoms. The lowest BCUT2D eigenvalue weighted by Gasteiger charge is -2.18. The van der Waals surface area contributed by atoms with E-state index in [1.165, 1.54) is 6.07 Å². The van der Waals surface area contributed by atoms with E-state index in [2.05, 4.69) is 5.32 Å². The van der Waals surface area contributed by atoms with Gasteiger partial charge in [-0.1, -0.05) is 12.1 Å². The summed E-state index contributed by atoms with van der Waals surface area (Å²) >= 11 is 0. The molecule has 1 aliphatic heterocycles. The Hall–Kier alpha value is -1.59. The van der Waals surface area contributed by atoms with E-state index in [0.29, 0.717) is 6.42 Å². The van der Waals surface area contributed by atoms with Crippen molar-refractivity contribution < 1.29 is 19.8 Å². The number of aliphatic carboxylic acids is 1. The number of aromatic carboxylic acids is 1. The molecule has 1 saturated heterocycles. The average molecular weight is 300 g/mol. The monoisotopic (exact) mass is 299 g/mol. The molecule has 1 fully saturated rings. The molecule has 1 heterocycles. The second-order valence-corrected chi connectivity index (χ2v) is 4.91. The van der Waals surface area contributed by atoms with Crippen LogP contribution >= 0.6 is 12.4 Å². The van der Waals surface area contributed by atoms with Gasteiger partial charge >= 0.3 is 11.9 Å². The standard InChI is InChI=1S/C14H17NO4.ClH/c16-13(17)10-3-1-2-9(6-10)7-12(14(18)19)11-4-5-15-8-11;/h1-3,6,11-12,15H,4-5,7-8H2,(H,16,17)(H,18,19);1H/t11-,12?;/m0./s1. The first-order chi connectivity index (χ1) is 9.08. The predicted molar refractivity (Wildman–Crippen MR) is 76.5 cm³/mol. The van der Waals surface area contributed by atoms with E-state index < -0.39 is 17.9 Å². The number of benzene rings is 1. The summed E-state index contributed by atoms with van der Waals surface area (Å²) in [5.41, 5.74) is 0.963. The van der Waals surface area contributed by atoms with Crippen molar-refractivity contribution in [1.29, 1.82) is 0 Å². The van der Waals surface area contributed by atoms with Gasteiger partial charge in [0.1, 0.15) is 0 Å². The smallest absolute Gasteiger partial charge is 0.335 e. The Morgan fingerprint density at radius 1 is 1.35 bits per heavy atom. The van der Waals surface area contributed by atoms with Crippen LogP contribution in [-0.4, -0.2) is 35.2 Å². The molecule has 20 heavy (non-hydrogen) atoms. The molecule has 0 amide bonds. The highest BCUT2D eigenvalue weighted by molar-refractivity contribution is 5.87. The Kier molecular flexibility index (Phi) is 5.98. The molecule has 0 saturated carbocycles. The van der Waals surface area contributed by atoms with E-state index >= 15 is 0 Å². The molecule has 1 aliphatic rings. The van der Waals surface area contributed by atoms with Gasteiger partial charge in [0, 0.05) is 0 Å². The van der Waals surface area contributed by atoms with Gasteiger partial charge in [-0.05, 0) is 49.5 Å². The highest BCUT2D eigenvalue weighted by Crippen LogP contribution is 2.24. The van der Waals surface area contributed by atoms with Gasteiger partial charge in [0.2, 0.25) is 0 Å². The molecule has 110 valence electrons. The maximum atomic E-state index is 11.4. The Morgan fingerprint density at radius 2 is 2.10 bits per heavy atom. The quantitative estimate of drug-likeness (QED) is 0.770. The zero-order chi connectivity index (χ0) is 13.8. The zero-order valence-corrected chi connectivity index (χ0v) is 11.7. The van der Waals surface area contributed by atoms with E-state index in [4.69, 9.17) is 5.11 Å². The second-order valence-electron chi connectivity index (χ2n) is 4.91. The van der Waals surface area contributed by atoms with E-state index in [1.807, 2.05) is 0 Å². The molecule has 1 aromatic rings. The van der Waals surface area contributed by atoms with E-state index in [9.17, 15) is 14.7 Å². The number of hydrogen-bond acceptors (Lipinski definition) is 3. The van der Waals surface area contributed by atoms with Crippen LogP contribution in [0.25, 0.3) is 0 Å². The Labute approximate surface area is 123 Å². The molecule has 0 bridgehead atoms. The largest absolute Gasteiger partial charge is 0.481 e. The molecular formula is C14H18ClNO4. The third kappa shape index (κ3) is 3.95. The SMILES string of the molecule is Cl.O=C(O)c1cccc(CC(C(=O)O)[C@H]2CCNC2)c1. The van der Waals surface area contributed by atoms with Crippen LogP contribution in [0.15, 0.2) is 24.3 Å². The first kappa shape index (κ1) is 16.5. The van der Waals surface area contributed by atoms with Crippen LogP contribution in [0.2, 0.25) is 0 Å². The van der Waals surface area contributed by atoms with Crippen molar-refractivity contribution in [2.24, 2.45) is 11.8 Å². The van der Waals surface area contributed by atoms with Crippen LogP contribution in [0, 0.1) is 11.8 Å². The van der Waals surface area contributed by atoms with Crippen LogP contribution < -0.4 is 5.32 Å². The van der Waals surface area contributed by atoms with Crippen molar-refractivity contribution in [2.45, 2.75) is 12.8 Å². The lowest BCUT2D eigenvalue weighted by Crippen LogP contribution is -2.27. The molecular weight excluding hydrogens is 282 g/mol. The minimum absolute atomic E-state index is 0. The van der Waals surface area contributed by atoms with Gasteiger partial charge in [0.05, 0.1) is 11.5 Å². The van der Waals surface area contributed by atoms with Gasteiger partial charge in [-0.15, -0.1) is 12.4 Å². The summed E-state index contributed by atoms with van der Waals surface area (Å²) in [7, 11) is 0. The van der Waals surface area contributed by atoms with Crippen molar-refractivity contribution >= 4 is 24.3 Å². The number of nitrogens with one attached hydrogen (secondary N) is 1. The summed E-state index contributed by atoms with van der Waals surface area (Å²) in [5, 5.41) is 21.4. The minimum Gasteiger partial charge on any atom is -0.481 e. The Balaban J connectivity index is 0.00000200. The lowest BCUT2D eigenvalue weighted by atomic mass is 9.86. The van der Waals surface area contributed by atoms with Gasteiger partial charge < -0.3 is 15.5 Å². The van der Waals surface area contributed by atoms with Gasteiger partial charge in [0.25, 0.3) is 0 Å². The molecule has 2 rings (SSSR count). The maximum absolute atomic E-state index is 11.4. The van der Waals surface area contributed by atoms with Gasteiger partial charge in [-0.2, -0.15) is 0 Å². The number of rotatable bonds is 5. The fraction of sp³-hybridized carbons (Fsp3) is 0.429. The number of halogens is 1. The van der Waals surface area contributed by atoms with Gasteiger partial charge in [-0.25, -0.2) is 4.79 Å². The third-order valence-electron chi connectivity index (χ3n) is 3.61. The summed E-state index contributed by atoms with van der Waals surface area (Å²) in [4.78, 5) is 22.3. The zero-order valence-electron chi connectivity index (χ0n) is 10.9. The first-order valence-electron chi connectivity index (χ1n) is 6.33. The topological polar surface area (TPSA) is 86.6 Å². The van der Waals surface area contributed by atoms with Crippen molar-refractivity contribution in [3.8, 4) is 0 Å². The fourth-order valence-corrected chi connectivity index (χ4v) is 2.56. The summed E-state index contributed by atoms with van der Waals surface area (Å²) in [6, 6.07) is 6.51. The number of carbonyl (C=O) groups is 2. The summed E-state index contributed by atoms with van der Waals surface area (Å²) in [6.45, 7) is 1.57. The Morgan fingerprint density at radius 3 is 2.65 bits per heavy atom. The first-order valence-corrected chi connectivity index (χ1v) is 6.33. The molecule has 6 heteroatoms. The predicted octanol–water partition coefficient (Wildman–Crippen LogP) is 1.66. The minimum atomic E-state index is -0.990. The van der Waals surface area contributed by atoms with Crippen molar-refractivity contribution in [3.05, 3.63) is 35.4 Å². The van der Waals surface area contributed by atoms with Crippen LogP contribution in [0.4, 0.5) is 0 Å². The summed E-state index contributed by atoms with van der Waals surface area (Å²) in [5.74, 6) is -2.14. The highest BCUT2D eigenvalue weighted by Gasteiger charge is 2.30. The molecule has 3 N–H and O–H groups in total. The third-order valence-corrected chi connectivity index (χ3v) is 3.61. The summed E-state index contributed by atoms with van der Waals surface area (Å²) in [6.07, 6.45) is 1.23. The lowest BCUT2D eigenvalue weighted by molar-refractivity contribution is -0.143. The Bertz CT molecular complexity index is 486. The average Bonchev–Trinajstić information content (AvgIpc) is 2.89. The highest BCUT2D eigenvalue weighted by atomic mass is 35.5. The molecule has 0 radical (unpaired) electrons. The van der Waals surface area contributed by atoms with E-state index in [1.54, 1.807) is 18.2 Å². The second kappa shape index (κ2) is 7.26. The molecule has 0 aliphatic carbocycles. The fourth-order valence-electron chi connectivity index (χ4n) is 2.56. The molecule has 1 aromatic carbocycles. The van der Waals surface area contributed by atoms with Crippen LogP contribution in [0.5, 0.6) is 0 Å². The van der Waals surface area contributed by atoms with E-state index in [-0.39, 0.29) is 23.9 Å². The van der Waals surface area contributed by atoms with Crippen molar-refractivity contribution in [1.82, 2.24) is 5.32 Å². The number of carboxylic acids is 2. The number of carboxylic acid groups (broad SMARTS) is 2. The normalized spacial score (nSPS) is 19.1. The molecule has 0 aromatic heterocycles. The van der Waals surface area contributed by atoms with Crippen LogP contribution in [0.1, 0.15) is 22.3 Å². The van der Waals surface area contributed by atoms with Crippen molar-refractivity contribution in [2.75, 3.05) is 13.1 Å². The van der Waals surface area contributed by atoms with Crippen LogP contribution in [0.3, 0.4) is 0 Å². The maximum Gasteiger partial charge on any atom is 0.335 e. The molecule has 5 nitrogen and oxygen atoms in total. The van der Waals surface area contributed by atoms with Gasteiger partial charge in [-0.3, -0.25) is 4.79 Å². The summed E-state index contributed by atoms with van der Waals surface area (Å²) < 4.78 is 0. The van der Waals surface area contributed by atoms with Crippen molar-refractivity contribution in [3.63, 3.8) is 0 Å².